The Labute approximate surface area is 160 Å². The highest BCUT2D eigenvalue weighted by Gasteiger charge is 2.33. The number of nitrogens with one attached hydrogen (secondary N) is 1. The molecule has 1 saturated heterocycles. The van der Waals surface area contributed by atoms with E-state index in [0.29, 0.717) is 19.7 Å². The fourth-order valence-corrected chi connectivity index (χ4v) is 4.35. The maximum Gasteiger partial charge on any atom is 0.253 e. The minimum absolute atomic E-state index is 0.101. The molecule has 1 unspecified atom stereocenters. The van der Waals surface area contributed by atoms with Gasteiger partial charge in [-0.3, -0.25) is 4.79 Å². The van der Waals surface area contributed by atoms with Crippen molar-refractivity contribution in [3.8, 4) is 5.75 Å². The maximum atomic E-state index is 13.3. The molecular weight excluding hydrogens is 340 g/mol. The second-order valence-electron chi connectivity index (χ2n) is 7.44. The van der Waals surface area contributed by atoms with Gasteiger partial charge in [0.1, 0.15) is 11.9 Å². The first-order valence-electron chi connectivity index (χ1n) is 9.95. The molecule has 0 radical (unpaired) electrons. The Morgan fingerprint density at radius 1 is 1.22 bits per heavy atom. The summed E-state index contributed by atoms with van der Waals surface area (Å²) in [6, 6.07) is 12.7. The maximum absolute atomic E-state index is 13.3. The molecule has 1 atom stereocenters. The molecule has 5 heteroatoms. The van der Waals surface area contributed by atoms with Crippen LogP contribution in [-0.2, 0) is 16.1 Å². The number of benzene rings is 2. The van der Waals surface area contributed by atoms with Gasteiger partial charge in [0.25, 0.3) is 5.91 Å². The summed E-state index contributed by atoms with van der Waals surface area (Å²) < 4.78 is 11.4. The molecule has 2 aromatic carbocycles. The fourth-order valence-electron chi connectivity index (χ4n) is 4.35. The number of nitrogens with zero attached hydrogens (tertiary/aromatic N) is 1. The van der Waals surface area contributed by atoms with Crippen LogP contribution in [0.2, 0.25) is 0 Å². The largest absolute Gasteiger partial charge is 0.496 e. The Morgan fingerprint density at radius 3 is 2.78 bits per heavy atom. The molecule has 1 aliphatic heterocycles. The number of fused-ring (bicyclic) bond motifs is 1. The predicted octanol–water partition coefficient (Wildman–Crippen LogP) is 3.11. The summed E-state index contributed by atoms with van der Waals surface area (Å²) >= 11 is 0. The van der Waals surface area contributed by atoms with Crippen LogP contribution in [0.25, 0.3) is 10.8 Å². The van der Waals surface area contributed by atoms with Gasteiger partial charge < -0.3 is 19.7 Å². The van der Waals surface area contributed by atoms with E-state index in [1.165, 1.54) is 18.2 Å². The number of amides is 1. The molecule has 2 fully saturated rings. The third-order valence-corrected chi connectivity index (χ3v) is 5.80. The molecule has 0 bridgehead atoms. The van der Waals surface area contributed by atoms with Crippen molar-refractivity contribution in [1.82, 2.24) is 10.2 Å². The second-order valence-corrected chi connectivity index (χ2v) is 7.44. The first-order valence-corrected chi connectivity index (χ1v) is 9.95. The molecule has 1 N–H and O–H groups in total. The summed E-state index contributed by atoms with van der Waals surface area (Å²) in [5.74, 6) is 0.941. The van der Waals surface area contributed by atoms with Crippen molar-refractivity contribution >= 4 is 16.7 Å². The summed E-state index contributed by atoms with van der Waals surface area (Å²) in [5.41, 5.74) is 1.08. The van der Waals surface area contributed by atoms with E-state index in [0.717, 1.165) is 36.1 Å². The molecule has 5 nitrogen and oxygen atoms in total. The van der Waals surface area contributed by atoms with Crippen molar-refractivity contribution in [3.05, 3.63) is 42.0 Å². The highest BCUT2D eigenvalue weighted by molar-refractivity contribution is 5.89. The molecule has 1 heterocycles. The third-order valence-electron chi connectivity index (χ3n) is 5.80. The van der Waals surface area contributed by atoms with Crippen LogP contribution in [0.3, 0.4) is 0 Å². The number of carbonyl (C=O) groups is 1. The number of methoxy groups -OCH3 is 1. The van der Waals surface area contributed by atoms with E-state index in [2.05, 4.69) is 28.4 Å². The van der Waals surface area contributed by atoms with Gasteiger partial charge in [-0.2, -0.15) is 0 Å². The van der Waals surface area contributed by atoms with Gasteiger partial charge in [0.2, 0.25) is 0 Å². The summed E-state index contributed by atoms with van der Waals surface area (Å²) in [5, 5.41) is 5.60. The molecule has 1 aliphatic carbocycles. The van der Waals surface area contributed by atoms with Gasteiger partial charge in [-0.1, -0.05) is 43.2 Å². The Morgan fingerprint density at radius 2 is 2.04 bits per heavy atom. The second kappa shape index (κ2) is 8.28. The standard InChI is InChI=1S/C22H28N2O3/c1-26-20-11-10-16-6-2-5-9-18(16)19(20)15-24(17-7-3-4-8-17)22(25)21-14-23-12-13-27-21/h2,5-6,9-11,17,21,23H,3-4,7-8,12-15H2,1H3. The van der Waals surface area contributed by atoms with E-state index in [1.807, 2.05) is 18.2 Å². The van der Waals surface area contributed by atoms with Gasteiger partial charge in [-0.25, -0.2) is 0 Å². The molecule has 1 saturated carbocycles. The van der Waals surface area contributed by atoms with Crippen LogP contribution in [-0.4, -0.2) is 49.8 Å². The van der Waals surface area contributed by atoms with Crippen molar-refractivity contribution in [3.63, 3.8) is 0 Å². The number of rotatable bonds is 5. The molecule has 1 amide bonds. The van der Waals surface area contributed by atoms with Crippen LogP contribution >= 0.6 is 0 Å². The topological polar surface area (TPSA) is 50.8 Å². The van der Waals surface area contributed by atoms with Crippen LogP contribution in [0.4, 0.5) is 0 Å². The summed E-state index contributed by atoms with van der Waals surface area (Å²) in [6.07, 6.45) is 4.12. The van der Waals surface area contributed by atoms with Crippen molar-refractivity contribution < 1.29 is 14.3 Å². The van der Waals surface area contributed by atoms with E-state index in [1.54, 1.807) is 7.11 Å². The van der Waals surface area contributed by atoms with E-state index >= 15 is 0 Å². The summed E-state index contributed by atoms with van der Waals surface area (Å²) in [4.78, 5) is 15.4. The van der Waals surface area contributed by atoms with E-state index in [4.69, 9.17) is 9.47 Å². The number of hydrogen-bond acceptors (Lipinski definition) is 4. The van der Waals surface area contributed by atoms with Crippen LogP contribution in [0.5, 0.6) is 5.75 Å². The third kappa shape index (κ3) is 3.80. The SMILES string of the molecule is COc1ccc2ccccc2c1CN(C(=O)C1CNCCO1)C1CCCC1. The predicted molar refractivity (Wildman–Crippen MR) is 106 cm³/mol. The first-order chi connectivity index (χ1) is 13.3. The zero-order valence-corrected chi connectivity index (χ0v) is 15.9. The monoisotopic (exact) mass is 368 g/mol. The number of hydrogen-bond donors (Lipinski definition) is 1. The van der Waals surface area contributed by atoms with E-state index < -0.39 is 0 Å². The minimum Gasteiger partial charge on any atom is -0.496 e. The van der Waals surface area contributed by atoms with Crippen LogP contribution in [0, 0.1) is 0 Å². The summed E-state index contributed by atoms with van der Waals surface area (Å²) in [6.45, 7) is 2.56. The van der Waals surface area contributed by atoms with Gasteiger partial charge in [-0.15, -0.1) is 0 Å². The smallest absolute Gasteiger partial charge is 0.253 e. The zero-order valence-electron chi connectivity index (χ0n) is 15.9. The molecule has 4 rings (SSSR count). The highest BCUT2D eigenvalue weighted by Crippen LogP contribution is 2.32. The van der Waals surface area contributed by atoms with Gasteiger partial charge in [0.05, 0.1) is 20.3 Å². The Balaban J connectivity index is 1.69. The van der Waals surface area contributed by atoms with Crippen molar-refractivity contribution in [2.75, 3.05) is 26.8 Å². The lowest BCUT2D eigenvalue weighted by Crippen LogP contribution is -2.51. The zero-order chi connectivity index (χ0) is 18.6. The molecule has 0 aromatic heterocycles. The van der Waals surface area contributed by atoms with Crippen LogP contribution in [0.1, 0.15) is 31.2 Å². The van der Waals surface area contributed by atoms with Crippen LogP contribution < -0.4 is 10.1 Å². The van der Waals surface area contributed by atoms with Gasteiger partial charge in [0.15, 0.2) is 0 Å². The molecule has 27 heavy (non-hydrogen) atoms. The average molecular weight is 368 g/mol. The Bertz CT molecular complexity index is 795. The molecule has 144 valence electrons. The molecule has 0 spiro atoms. The Kier molecular flexibility index (Phi) is 5.60. The average Bonchev–Trinajstić information content (AvgIpc) is 3.26. The molecule has 2 aliphatic rings. The summed E-state index contributed by atoms with van der Waals surface area (Å²) in [7, 11) is 1.70. The van der Waals surface area contributed by atoms with E-state index in [-0.39, 0.29) is 18.1 Å². The van der Waals surface area contributed by atoms with Gasteiger partial charge in [-0.05, 0) is 29.7 Å². The van der Waals surface area contributed by atoms with Gasteiger partial charge in [0, 0.05) is 24.7 Å². The number of ether oxygens (including phenoxy) is 2. The Hall–Kier alpha value is -2.11. The minimum atomic E-state index is -0.389. The van der Waals surface area contributed by atoms with Crippen molar-refractivity contribution in [1.29, 1.82) is 0 Å². The lowest BCUT2D eigenvalue weighted by Gasteiger charge is -2.34. The van der Waals surface area contributed by atoms with Crippen molar-refractivity contribution in [2.24, 2.45) is 0 Å². The first kappa shape index (κ1) is 18.3. The number of carbonyl (C=O) groups excluding carboxylic acids is 1. The quantitative estimate of drug-likeness (QED) is 0.881. The highest BCUT2D eigenvalue weighted by atomic mass is 16.5. The molecule has 2 aromatic rings. The molecular formula is C22H28N2O3. The lowest BCUT2D eigenvalue weighted by molar-refractivity contribution is -0.148. The van der Waals surface area contributed by atoms with E-state index in [9.17, 15) is 4.79 Å². The normalized spacial score (nSPS) is 20.7. The number of morpholine rings is 1. The fraction of sp³-hybridized carbons (Fsp3) is 0.500. The van der Waals surface area contributed by atoms with Crippen molar-refractivity contribution in [2.45, 2.75) is 44.4 Å². The van der Waals surface area contributed by atoms with Gasteiger partial charge >= 0.3 is 0 Å². The lowest BCUT2D eigenvalue weighted by atomic mass is 10.0. The van der Waals surface area contributed by atoms with Crippen LogP contribution in [0.15, 0.2) is 36.4 Å².